The van der Waals surface area contributed by atoms with Gasteiger partial charge in [-0.25, -0.2) is 9.13 Å². The minimum Gasteiger partial charge on any atom is -0.463 e. The Morgan fingerprint density at radius 2 is 0.485 bits per heavy atom. The number of carbonyl (C=O) groups excluding carboxylic acids is 3. The zero-order valence-electron chi connectivity index (χ0n) is 65.5. The highest BCUT2D eigenvalue weighted by molar-refractivity contribution is 7.47. The maximum absolute atomic E-state index is 12.9. The lowest BCUT2D eigenvalue weighted by atomic mass is 10.0. The van der Waals surface area contributed by atoms with Crippen LogP contribution >= 0.6 is 15.6 Å². The van der Waals surface area contributed by atoms with E-state index < -0.39 is 91.5 Å². The first-order valence-electron chi connectivity index (χ1n) is 41.5. The molecule has 4 N–H and O–H groups in total. The van der Waals surface area contributed by atoms with Gasteiger partial charge in [-0.1, -0.05) is 336 Å². The SMILES string of the molecule is CCCCC/C=C\C/C=C\C/C=C\C/C=C\CCCCCCCCCCCCCCCCCCCCCC(=O)OCC(O)COP(=O)(O)OCC(O)COP(=O)(O)OCC(COC(=O)CCCCCCC/C=C\C/C=C\C/C=C\C/C=C\CCCCC)OC(=O)CCCCCCCCCCCCC. The van der Waals surface area contributed by atoms with Crippen molar-refractivity contribution in [2.24, 2.45) is 0 Å². The van der Waals surface area contributed by atoms with E-state index in [0.717, 1.165) is 116 Å². The van der Waals surface area contributed by atoms with Crippen molar-refractivity contribution in [3.8, 4) is 0 Å². The molecule has 5 unspecified atom stereocenters. The number of phosphoric ester groups is 2. The number of unbranched alkanes of at least 4 members (excludes halogenated alkanes) is 40. The van der Waals surface area contributed by atoms with Crippen LogP contribution in [0.1, 0.15) is 367 Å². The van der Waals surface area contributed by atoms with Gasteiger partial charge in [-0.15, -0.1) is 0 Å². The van der Waals surface area contributed by atoms with Gasteiger partial charge in [0, 0.05) is 19.3 Å². The molecule has 16 nitrogen and oxygen atoms in total. The Hall–Kier alpha value is -3.53. The normalized spacial score (nSPS) is 14.4. The Kier molecular flexibility index (Phi) is 75.4. The van der Waals surface area contributed by atoms with Crippen LogP contribution in [-0.2, 0) is 55.8 Å². The smallest absolute Gasteiger partial charge is 0.463 e. The van der Waals surface area contributed by atoms with E-state index in [4.69, 9.17) is 32.3 Å². The van der Waals surface area contributed by atoms with Crippen LogP contribution in [0, 0.1) is 0 Å². The van der Waals surface area contributed by atoms with Crippen molar-refractivity contribution in [1.82, 2.24) is 0 Å². The highest BCUT2D eigenvalue weighted by atomic mass is 31.2. The van der Waals surface area contributed by atoms with Crippen molar-refractivity contribution in [3.05, 3.63) is 97.2 Å². The minimum atomic E-state index is -4.93. The quantitative estimate of drug-likeness (QED) is 0.0146. The molecule has 0 amide bonds. The molecule has 0 heterocycles. The number of phosphoric acid groups is 2. The standard InChI is InChI=1S/C85H152O16P2/c1-4-7-10-13-16-19-22-24-26-28-30-32-33-34-35-36-37-38-39-40-41-42-43-44-45-47-49-50-52-54-57-59-62-65-68-71-83(88)95-74-80(86)75-97-102(91,92)98-76-81(87)77-99-103(93,94)100-79-82(101-85(90)73-70-67-64-61-56-21-18-15-12-9-6-3)78-96-84(89)72-69-66-63-60-58-55-53-51-48-46-31-29-27-25-23-20-17-14-11-8-5-2/h16-17,19-20,24-27,30-32,34-35,46,51,53,80-82,86-87H,4-15,18,21-23,28-29,33,36-45,47-50,52,54-79H2,1-3H3,(H,91,92)(H,93,94)/b19-16-,20-17-,26-24-,27-25-,32-30-,35-34-,46-31-,53-51-. The number of hydrogen-bond acceptors (Lipinski definition) is 14. The molecular formula is C85H152O16P2. The summed E-state index contributed by atoms with van der Waals surface area (Å²) in [6.07, 6.45) is 90.6. The summed E-state index contributed by atoms with van der Waals surface area (Å²) in [7, 11) is -9.78. The van der Waals surface area contributed by atoms with Crippen LogP contribution < -0.4 is 0 Å². The minimum absolute atomic E-state index is 0.103. The summed E-state index contributed by atoms with van der Waals surface area (Å²) >= 11 is 0. The lowest BCUT2D eigenvalue weighted by molar-refractivity contribution is -0.161. The van der Waals surface area contributed by atoms with Crippen molar-refractivity contribution >= 4 is 33.6 Å². The van der Waals surface area contributed by atoms with E-state index in [0.29, 0.717) is 19.3 Å². The summed E-state index contributed by atoms with van der Waals surface area (Å²) in [6.45, 7) is 2.63. The molecule has 0 aromatic heterocycles. The van der Waals surface area contributed by atoms with E-state index in [1.807, 2.05) is 0 Å². The summed E-state index contributed by atoms with van der Waals surface area (Å²) in [5.41, 5.74) is 0. The third-order valence-corrected chi connectivity index (χ3v) is 19.7. The number of ether oxygens (including phenoxy) is 3. The lowest BCUT2D eigenvalue weighted by Crippen LogP contribution is -2.30. The van der Waals surface area contributed by atoms with Crippen LogP contribution in [0.2, 0.25) is 0 Å². The third kappa shape index (κ3) is 79.3. The van der Waals surface area contributed by atoms with Crippen molar-refractivity contribution in [1.29, 1.82) is 0 Å². The van der Waals surface area contributed by atoms with Crippen LogP contribution in [0.15, 0.2) is 97.2 Å². The second-order valence-electron chi connectivity index (χ2n) is 27.9. The Balaban J connectivity index is 4.33. The Morgan fingerprint density at radius 1 is 0.272 bits per heavy atom. The van der Waals surface area contributed by atoms with Crippen molar-refractivity contribution in [2.75, 3.05) is 39.6 Å². The second-order valence-corrected chi connectivity index (χ2v) is 30.8. The van der Waals surface area contributed by atoms with E-state index in [2.05, 4.69) is 118 Å². The number of aliphatic hydroxyl groups is 2. The molecule has 0 bridgehead atoms. The van der Waals surface area contributed by atoms with Crippen LogP contribution in [0.4, 0.5) is 0 Å². The fraction of sp³-hybridized carbons (Fsp3) is 0.776. The Labute approximate surface area is 628 Å². The first-order valence-corrected chi connectivity index (χ1v) is 44.5. The van der Waals surface area contributed by atoms with E-state index in [1.54, 1.807) is 0 Å². The molecule has 598 valence electrons. The number of aliphatic hydroxyl groups excluding tert-OH is 2. The van der Waals surface area contributed by atoms with Gasteiger partial charge in [0.1, 0.15) is 25.4 Å². The molecule has 0 aliphatic heterocycles. The van der Waals surface area contributed by atoms with Gasteiger partial charge in [0.05, 0.1) is 26.4 Å². The molecule has 0 aliphatic rings. The summed E-state index contributed by atoms with van der Waals surface area (Å²) < 4.78 is 61.1. The van der Waals surface area contributed by atoms with E-state index in [9.17, 15) is 43.5 Å². The summed E-state index contributed by atoms with van der Waals surface area (Å²) in [5, 5.41) is 20.6. The van der Waals surface area contributed by atoms with Crippen molar-refractivity contribution < 1.29 is 75.8 Å². The molecule has 0 spiro atoms. The van der Waals surface area contributed by atoms with Gasteiger partial charge < -0.3 is 34.2 Å². The Bertz CT molecular complexity index is 2260. The monoisotopic (exact) mass is 1490 g/mol. The first-order chi connectivity index (χ1) is 50.2. The number of hydrogen-bond donors (Lipinski definition) is 4. The highest BCUT2D eigenvalue weighted by Crippen LogP contribution is 2.45. The highest BCUT2D eigenvalue weighted by Gasteiger charge is 2.29. The molecule has 5 atom stereocenters. The summed E-state index contributed by atoms with van der Waals surface area (Å²) in [6, 6.07) is 0. The van der Waals surface area contributed by atoms with E-state index >= 15 is 0 Å². The van der Waals surface area contributed by atoms with Crippen LogP contribution in [-0.4, -0.2) is 95.9 Å². The number of allylic oxidation sites excluding steroid dienone is 16. The molecular weight excluding hydrogens is 1340 g/mol. The lowest BCUT2D eigenvalue weighted by Gasteiger charge is -2.21. The van der Waals surface area contributed by atoms with Crippen LogP contribution in [0.5, 0.6) is 0 Å². The summed E-state index contributed by atoms with van der Waals surface area (Å²) in [4.78, 5) is 58.6. The maximum atomic E-state index is 12.9. The second kappa shape index (κ2) is 78.1. The van der Waals surface area contributed by atoms with Gasteiger partial charge in [0.25, 0.3) is 0 Å². The van der Waals surface area contributed by atoms with E-state index in [-0.39, 0.29) is 19.3 Å². The number of carbonyl (C=O) groups is 3. The van der Waals surface area contributed by atoms with Gasteiger partial charge in [0.15, 0.2) is 6.10 Å². The maximum Gasteiger partial charge on any atom is 0.472 e. The molecule has 0 radical (unpaired) electrons. The fourth-order valence-electron chi connectivity index (χ4n) is 11.4. The molecule has 18 heteroatoms. The zero-order valence-corrected chi connectivity index (χ0v) is 67.3. The third-order valence-electron chi connectivity index (χ3n) is 17.8. The first kappa shape index (κ1) is 99.5. The van der Waals surface area contributed by atoms with Gasteiger partial charge in [0.2, 0.25) is 0 Å². The average Bonchev–Trinajstić information content (AvgIpc) is 0.913. The van der Waals surface area contributed by atoms with Gasteiger partial charge in [-0.2, -0.15) is 0 Å². The van der Waals surface area contributed by atoms with Crippen LogP contribution in [0.3, 0.4) is 0 Å². The molecule has 0 saturated carbocycles. The molecule has 0 fully saturated rings. The molecule has 0 saturated heterocycles. The number of esters is 3. The molecule has 103 heavy (non-hydrogen) atoms. The molecule has 0 aromatic carbocycles. The predicted octanol–water partition coefficient (Wildman–Crippen LogP) is 24.5. The zero-order chi connectivity index (χ0) is 75.2. The van der Waals surface area contributed by atoms with Crippen molar-refractivity contribution in [3.63, 3.8) is 0 Å². The van der Waals surface area contributed by atoms with Crippen LogP contribution in [0.25, 0.3) is 0 Å². The summed E-state index contributed by atoms with van der Waals surface area (Å²) in [5.74, 6) is -1.58. The largest absolute Gasteiger partial charge is 0.472 e. The predicted molar refractivity (Wildman–Crippen MR) is 427 cm³/mol. The van der Waals surface area contributed by atoms with E-state index in [1.165, 1.54) is 193 Å². The molecule has 0 aromatic rings. The number of rotatable bonds is 79. The van der Waals surface area contributed by atoms with Gasteiger partial charge in [-0.05, 0) is 109 Å². The Morgan fingerprint density at radius 3 is 0.786 bits per heavy atom. The topological polar surface area (TPSA) is 231 Å². The van der Waals surface area contributed by atoms with Gasteiger partial charge in [-0.3, -0.25) is 32.5 Å². The van der Waals surface area contributed by atoms with Gasteiger partial charge >= 0.3 is 33.6 Å². The molecule has 0 rings (SSSR count). The molecule has 0 aliphatic carbocycles. The fourth-order valence-corrected chi connectivity index (χ4v) is 13.0. The van der Waals surface area contributed by atoms with Crippen molar-refractivity contribution in [2.45, 2.75) is 386 Å². The average molecular weight is 1490 g/mol.